The number of benzene rings is 1. The molecule has 1 aromatic rings. The van der Waals surface area contributed by atoms with Crippen LogP contribution in [0, 0.1) is 0 Å². The lowest BCUT2D eigenvalue weighted by molar-refractivity contribution is 0.331. The maximum absolute atomic E-state index is 2.57. The first-order chi connectivity index (χ1) is 8.74. The zero-order valence-electron chi connectivity index (χ0n) is 11.9. The van der Waals surface area contributed by atoms with Gasteiger partial charge in [-0.2, -0.15) is 0 Å². The number of likely N-dealkylation sites (tertiary alicyclic amines) is 1. The highest BCUT2D eigenvalue weighted by Gasteiger charge is 2.11. The number of nitrogens with zero attached hydrogens (tertiary/aromatic N) is 2. The Labute approximate surface area is 112 Å². The minimum atomic E-state index is 1.14. The van der Waals surface area contributed by atoms with Crippen LogP contribution in [0.25, 0.3) is 0 Å². The Morgan fingerprint density at radius 2 is 1.83 bits per heavy atom. The summed E-state index contributed by atoms with van der Waals surface area (Å²) in [5, 5.41) is 0. The SMILES string of the molecule is CN(C)CCCc1cccc(CN2CCCC2)c1. The highest BCUT2D eigenvalue weighted by atomic mass is 15.1. The summed E-state index contributed by atoms with van der Waals surface area (Å²) in [6.07, 6.45) is 5.21. The molecule has 0 N–H and O–H groups in total. The van der Waals surface area contributed by atoms with Gasteiger partial charge in [-0.05, 0) is 70.5 Å². The Morgan fingerprint density at radius 1 is 1.11 bits per heavy atom. The summed E-state index contributed by atoms with van der Waals surface area (Å²) in [6, 6.07) is 9.15. The van der Waals surface area contributed by atoms with Gasteiger partial charge in [0, 0.05) is 6.54 Å². The van der Waals surface area contributed by atoms with Crippen LogP contribution in [-0.4, -0.2) is 43.5 Å². The summed E-state index contributed by atoms with van der Waals surface area (Å²) in [5.74, 6) is 0. The largest absolute Gasteiger partial charge is 0.309 e. The molecule has 1 saturated heterocycles. The average molecular weight is 246 g/mol. The second-order valence-corrected chi connectivity index (χ2v) is 5.71. The molecule has 1 aromatic carbocycles. The van der Waals surface area contributed by atoms with Gasteiger partial charge in [0.05, 0.1) is 0 Å². The molecule has 1 heterocycles. The molecule has 1 aliphatic heterocycles. The van der Waals surface area contributed by atoms with Crippen molar-refractivity contribution in [2.45, 2.75) is 32.2 Å². The quantitative estimate of drug-likeness (QED) is 0.761. The summed E-state index contributed by atoms with van der Waals surface area (Å²) in [7, 11) is 4.29. The van der Waals surface area contributed by atoms with Crippen molar-refractivity contribution >= 4 is 0 Å². The van der Waals surface area contributed by atoms with Crippen molar-refractivity contribution in [3.05, 3.63) is 35.4 Å². The van der Waals surface area contributed by atoms with E-state index >= 15 is 0 Å². The molecule has 0 amide bonds. The fraction of sp³-hybridized carbons (Fsp3) is 0.625. The summed E-state index contributed by atoms with van der Waals surface area (Å²) in [5.41, 5.74) is 2.98. The van der Waals surface area contributed by atoms with E-state index in [0.29, 0.717) is 0 Å². The van der Waals surface area contributed by atoms with Crippen LogP contribution in [0.5, 0.6) is 0 Å². The summed E-state index contributed by atoms with van der Waals surface area (Å²) in [4.78, 5) is 4.83. The Bertz CT molecular complexity index is 354. The Kier molecular flexibility index (Phi) is 5.21. The first kappa shape index (κ1) is 13.6. The molecule has 0 spiro atoms. The monoisotopic (exact) mass is 246 g/mol. The van der Waals surface area contributed by atoms with Crippen LogP contribution in [0.3, 0.4) is 0 Å². The molecule has 100 valence electrons. The maximum atomic E-state index is 2.57. The number of hydrogen-bond acceptors (Lipinski definition) is 2. The molecule has 0 aromatic heterocycles. The normalized spacial score (nSPS) is 16.6. The molecule has 18 heavy (non-hydrogen) atoms. The van der Waals surface area contributed by atoms with Gasteiger partial charge in [0.15, 0.2) is 0 Å². The smallest absolute Gasteiger partial charge is 0.0233 e. The lowest BCUT2D eigenvalue weighted by Crippen LogP contribution is -2.18. The van der Waals surface area contributed by atoms with Crippen LogP contribution < -0.4 is 0 Å². The van der Waals surface area contributed by atoms with E-state index in [-0.39, 0.29) is 0 Å². The highest BCUT2D eigenvalue weighted by Crippen LogP contribution is 2.14. The van der Waals surface area contributed by atoms with Gasteiger partial charge in [0.25, 0.3) is 0 Å². The standard InChI is InChI=1S/C16H26N2/c1-17(2)10-6-9-15-7-5-8-16(13-15)14-18-11-3-4-12-18/h5,7-8,13H,3-4,6,9-12,14H2,1-2H3. The van der Waals surface area contributed by atoms with Crippen molar-refractivity contribution in [3.8, 4) is 0 Å². The molecule has 2 rings (SSSR count). The third-order valence-corrected chi connectivity index (χ3v) is 3.67. The van der Waals surface area contributed by atoms with E-state index in [1.54, 1.807) is 0 Å². The second-order valence-electron chi connectivity index (χ2n) is 5.71. The summed E-state index contributed by atoms with van der Waals surface area (Å²) >= 11 is 0. The topological polar surface area (TPSA) is 6.48 Å². The Balaban J connectivity index is 1.84. The zero-order valence-corrected chi connectivity index (χ0v) is 11.9. The van der Waals surface area contributed by atoms with Crippen LogP contribution >= 0.6 is 0 Å². The molecule has 0 saturated carbocycles. The first-order valence-corrected chi connectivity index (χ1v) is 7.19. The molecular weight excluding hydrogens is 220 g/mol. The van der Waals surface area contributed by atoms with Crippen LogP contribution in [0.15, 0.2) is 24.3 Å². The van der Waals surface area contributed by atoms with Crippen LogP contribution in [0.4, 0.5) is 0 Å². The molecule has 0 aliphatic carbocycles. The minimum absolute atomic E-state index is 1.14. The lowest BCUT2D eigenvalue weighted by Gasteiger charge is -2.15. The maximum Gasteiger partial charge on any atom is 0.0233 e. The van der Waals surface area contributed by atoms with Gasteiger partial charge in [-0.15, -0.1) is 0 Å². The Hall–Kier alpha value is -0.860. The third-order valence-electron chi connectivity index (χ3n) is 3.67. The van der Waals surface area contributed by atoms with Gasteiger partial charge in [-0.1, -0.05) is 24.3 Å². The lowest BCUT2D eigenvalue weighted by atomic mass is 10.1. The van der Waals surface area contributed by atoms with E-state index in [1.807, 2.05) is 0 Å². The minimum Gasteiger partial charge on any atom is -0.309 e. The van der Waals surface area contributed by atoms with E-state index in [0.717, 1.165) is 6.54 Å². The molecule has 1 fully saturated rings. The predicted octanol–water partition coefficient (Wildman–Crippen LogP) is 2.78. The zero-order chi connectivity index (χ0) is 12.8. The van der Waals surface area contributed by atoms with Gasteiger partial charge in [0.1, 0.15) is 0 Å². The van der Waals surface area contributed by atoms with Gasteiger partial charge >= 0.3 is 0 Å². The van der Waals surface area contributed by atoms with Crippen molar-refractivity contribution < 1.29 is 0 Å². The highest BCUT2D eigenvalue weighted by molar-refractivity contribution is 5.23. The van der Waals surface area contributed by atoms with Gasteiger partial charge in [-0.25, -0.2) is 0 Å². The molecule has 0 atom stereocenters. The number of aryl methyl sites for hydroxylation is 1. The fourth-order valence-electron chi connectivity index (χ4n) is 2.68. The van der Waals surface area contributed by atoms with E-state index in [1.165, 1.54) is 56.4 Å². The molecule has 2 heteroatoms. The summed E-state index contributed by atoms with van der Waals surface area (Å²) < 4.78 is 0. The van der Waals surface area contributed by atoms with E-state index in [4.69, 9.17) is 0 Å². The van der Waals surface area contributed by atoms with Crippen molar-refractivity contribution in [3.63, 3.8) is 0 Å². The molecular formula is C16H26N2. The van der Waals surface area contributed by atoms with Gasteiger partial charge in [-0.3, -0.25) is 4.90 Å². The molecule has 2 nitrogen and oxygen atoms in total. The van der Waals surface area contributed by atoms with Crippen LogP contribution in [-0.2, 0) is 13.0 Å². The molecule has 0 bridgehead atoms. The van der Waals surface area contributed by atoms with Crippen molar-refractivity contribution in [2.75, 3.05) is 33.7 Å². The number of hydrogen-bond donors (Lipinski definition) is 0. The van der Waals surface area contributed by atoms with Gasteiger partial charge < -0.3 is 4.90 Å². The molecule has 0 radical (unpaired) electrons. The van der Waals surface area contributed by atoms with E-state index in [9.17, 15) is 0 Å². The fourth-order valence-corrected chi connectivity index (χ4v) is 2.68. The van der Waals surface area contributed by atoms with E-state index in [2.05, 4.69) is 48.2 Å². The third kappa shape index (κ3) is 4.43. The van der Waals surface area contributed by atoms with Crippen molar-refractivity contribution in [2.24, 2.45) is 0 Å². The first-order valence-electron chi connectivity index (χ1n) is 7.19. The Morgan fingerprint density at radius 3 is 2.56 bits per heavy atom. The van der Waals surface area contributed by atoms with Crippen LogP contribution in [0.1, 0.15) is 30.4 Å². The predicted molar refractivity (Wildman–Crippen MR) is 77.8 cm³/mol. The second kappa shape index (κ2) is 6.91. The summed E-state index contributed by atoms with van der Waals surface area (Å²) in [6.45, 7) is 4.88. The van der Waals surface area contributed by atoms with E-state index < -0.39 is 0 Å². The average Bonchev–Trinajstić information content (AvgIpc) is 2.82. The molecule has 1 aliphatic rings. The van der Waals surface area contributed by atoms with Crippen molar-refractivity contribution in [1.82, 2.24) is 9.80 Å². The number of rotatable bonds is 6. The van der Waals surface area contributed by atoms with Gasteiger partial charge in [0.2, 0.25) is 0 Å². The van der Waals surface area contributed by atoms with Crippen LogP contribution in [0.2, 0.25) is 0 Å². The molecule has 0 unspecified atom stereocenters. The van der Waals surface area contributed by atoms with Crippen molar-refractivity contribution in [1.29, 1.82) is 0 Å².